The van der Waals surface area contributed by atoms with Crippen molar-refractivity contribution < 1.29 is 9.52 Å². The van der Waals surface area contributed by atoms with E-state index in [-0.39, 0.29) is 17.6 Å². The van der Waals surface area contributed by atoms with Crippen LogP contribution in [0.1, 0.15) is 36.8 Å². The van der Waals surface area contributed by atoms with E-state index in [1.807, 2.05) is 43.3 Å². The molecule has 0 unspecified atom stereocenters. The summed E-state index contributed by atoms with van der Waals surface area (Å²) in [5.41, 5.74) is 4.91. The van der Waals surface area contributed by atoms with Gasteiger partial charge in [0.25, 0.3) is 0 Å². The molecule has 6 heteroatoms. The zero-order valence-corrected chi connectivity index (χ0v) is 18.0. The molecule has 0 saturated carbocycles. The highest BCUT2D eigenvalue weighted by Gasteiger charge is 2.35. The van der Waals surface area contributed by atoms with Crippen molar-refractivity contribution in [3.05, 3.63) is 76.1 Å². The predicted molar refractivity (Wildman–Crippen MR) is 124 cm³/mol. The van der Waals surface area contributed by atoms with E-state index in [2.05, 4.69) is 15.4 Å². The Hall–Kier alpha value is -3.12. The van der Waals surface area contributed by atoms with Crippen LogP contribution >= 0.6 is 0 Å². The SMILES string of the molecule is CN/N=C(/C)[C@@H](CN1CCCC1)[C@@H](c1ccccc1)c1c(O)c2ccccc2oc1=O. The summed E-state index contributed by atoms with van der Waals surface area (Å²) >= 11 is 0. The fraction of sp³-hybridized carbons (Fsp3) is 0.360. The van der Waals surface area contributed by atoms with Crippen LogP contribution in [0.2, 0.25) is 0 Å². The highest BCUT2D eigenvalue weighted by Crippen LogP contribution is 2.39. The molecule has 2 heterocycles. The maximum absolute atomic E-state index is 13.2. The van der Waals surface area contributed by atoms with Gasteiger partial charge < -0.3 is 19.8 Å². The van der Waals surface area contributed by atoms with Crippen molar-refractivity contribution in [3.63, 3.8) is 0 Å². The third-order valence-corrected chi connectivity index (χ3v) is 6.17. The lowest BCUT2D eigenvalue weighted by atomic mass is 9.78. The smallest absolute Gasteiger partial charge is 0.343 e. The number of hydrazone groups is 1. The molecule has 1 aliphatic rings. The summed E-state index contributed by atoms with van der Waals surface area (Å²) in [5.74, 6) is -0.507. The maximum Gasteiger partial charge on any atom is 0.343 e. The molecule has 2 N–H and O–H groups in total. The van der Waals surface area contributed by atoms with Crippen molar-refractivity contribution in [2.45, 2.75) is 25.7 Å². The average Bonchev–Trinajstić information content (AvgIpc) is 3.29. The first-order valence-corrected chi connectivity index (χ1v) is 10.8. The highest BCUT2D eigenvalue weighted by atomic mass is 16.4. The van der Waals surface area contributed by atoms with Gasteiger partial charge >= 0.3 is 5.63 Å². The van der Waals surface area contributed by atoms with Crippen LogP contribution in [0.4, 0.5) is 0 Å². The molecule has 1 fully saturated rings. The third-order valence-electron chi connectivity index (χ3n) is 6.17. The number of hydrogen-bond donors (Lipinski definition) is 2. The van der Waals surface area contributed by atoms with Crippen molar-refractivity contribution in [1.82, 2.24) is 10.3 Å². The topological polar surface area (TPSA) is 78.1 Å². The minimum Gasteiger partial charge on any atom is -0.507 e. The Kier molecular flexibility index (Phi) is 6.37. The van der Waals surface area contributed by atoms with Gasteiger partial charge in [0, 0.05) is 31.1 Å². The van der Waals surface area contributed by atoms with Crippen LogP contribution in [0.15, 0.2) is 68.9 Å². The Bertz CT molecular complexity index is 1120. The lowest BCUT2D eigenvalue weighted by Crippen LogP contribution is -2.36. The van der Waals surface area contributed by atoms with Gasteiger partial charge in [-0.05, 0) is 50.6 Å². The number of likely N-dealkylation sites (tertiary alicyclic amines) is 1. The van der Waals surface area contributed by atoms with Gasteiger partial charge in [-0.3, -0.25) is 0 Å². The van der Waals surface area contributed by atoms with E-state index >= 15 is 0 Å². The van der Waals surface area contributed by atoms with Crippen molar-refractivity contribution in [2.75, 3.05) is 26.7 Å². The van der Waals surface area contributed by atoms with Crippen LogP contribution < -0.4 is 11.1 Å². The lowest BCUT2D eigenvalue weighted by molar-refractivity contribution is 0.296. The second kappa shape index (κ2) is 9.35. The Morgan fingerprint density at radius 1 is 1.13 bits per heavy atom. The number of para-hydroxylation sites is 1. The quantitative estimate of drug-likeness (QED) is 0.345. The third kappa shape index (κ3) is 4.35. The summed E-state index contributed by atoms with van der Waals surface area (Å²) in [7, 11) is 1.77. The molecule has 162 valence electrons. The second-order valence-electron chi connectivity index (χ2n) is 8.13. The van der Waals surface area contributed by atoms with E-state index in [4.69, 9.17) is 4.42 Å². The molecule has 2 atom stereocenters. The van der Waals surface area contributed by atoms with Gasteiger partial charge in [-0.25, -0.2) is 4.79 Å². The molecule has 3 aromatic rings. The lowest BCUT2D eigenvalue weighted by Gasteiger charge is -2.31. The Balaban J connectivity index is 1.92. The number of nitrogens with zero attached hydrogens (tertiary/aromatic N) is 2. The van der Waals surface area contributed by atoms with E-state index in [1.165, 1.54) is 12.8 Å². The van der Waals surface area contributed by atoms with Crippen LogP contribution in [0.25, 0.3) is 11.0 Å². The summed E-state index contributed by atoms with van der Waals surface area (Å²) < 4.78 is 5.65. The van der Waals surface area contributed by atoms with Gasteiger partial charge in [0.15, 0.2) is 0 Å². The summed E-state index contributed by atoms with van der Waals surface area (Å²) in [6.07, 6.45) is 2.35. The minimum absolute atomic E-state index is 0.00983. The Morgan fingerprint density at radius 3 is 2.52 bits per heavy atom. The standard InChI is InChI=1S/C25H29N3O3/c1-17(27-26-2)20(16-28-14-8-9-15-28)22(18-10-4-3-5-11-18)23-24(29)19-12-6-7-13-21(19)31-25(23)30/h3-7,10-13,20,22,26,29H,8-9,14-16H2,1-2H3/b27-17-/t20-,22-/m1/s1. The van der Waals surface area contributed by atoms with Gasteiger partial charge in [-0.15, -0.1) is 0 Å². The van der Waals surface area contributed by atoms with E-state index < -0.39 is 5.63 Å². The molecule has 1 aromatic heterocycles. The second-order valence-corrected chi connectivity index (χ2v) is 8.13. The zero-order chi connectivity index (χ0) is 21.8. The molecule has 1 saturated heterocycles. The fourth-order valence-electron chi connectivity index (χ4n) is 4.66. The van der Waals surface area contributed by atoms with E-state index in [0.29, 0.717) is 16.5 Å². The number of benzene rings is 2. The summed E-state index contributed by atoms with van der Waals surface area (Å²) in [6.45, 7) is 4.79. The van der Waals surface area contributed by atoms with Gasteiger partial charge in [0.2, 0.25) is 0 Å². The van der Waals surface area contributed by atoms with Crippen molar-refractivity contribution in [2.24, 2.45) is 11.0 Å². The number of hydrogen-bond acceptors (Lipinski definition) is 6. The largest absolute Gasteiger partial charge is 0.507 e. The van der Waals surface area contributed by atoms with E-state index in [1.54, 1.807) is 25.2 Å². The molecule has 31 heavy (non-hydrogen) atoms. The maximum atomic E-state index is 13.2. The van der Waals surface area contributed by atoms with Crippen LogP contribution in [0.3, 0.4) is 0 Å². The summed E-state index contributed by atoms with van der Waals surface area (Å²) in [4.78, 5) is 15.6. The van der Waals surface area contributed by atoms with Crippen molar-refractivity contribution >= 4 is 16.7 Å². The van der Waals surface area contributed by atoms with Gasteiger partial charge in [0.1, 0.15) is 11.3 Å². The zero-order valence-electron chi connectivity index (χ0n) is 18.0. The molecular weight excluding hydrogens is 390 g/mol. The first-order valence-electron chi connectivity index (χ1n) is 10.8. The Morgan fingerprint density at radius 2 is 1.81 bits per heavy atom. The van der Waals surface area contributed by atoms with Gasteiger partial charge in [0.05, 0.1) is 10.9 Å². The molecule has 0 aliphatic carbocycles. The van der Waals surface area contributed by atoms with E-state index in [0.717, 1.165) is 30.9 Å². The molecule has 0 bridgehead atoms. The molecule has 4 rings (SSSR count). The molecule has 0 amide bonds. The van der Waals surface area contributed by atoms with Crippen LogP contribution in [0.5, 0.6) is 5.75 Å². The van der Waals surface area contributed by atoms with Crippen LogP contribution in [0, 0.1) is 5.92 Å². The molecule has 2 aromatic carbocycles. The fourth-order valence-corrected chi connectivity index (χ4v) is 4.66. The van der Waals surface area contributed by atoms with Crippen molar-refractivity contribution in [1.29, 1.82) is 0 Å². The number of nitrogens with one attached hydrogen (secondary N) is 1. The highest BCUT2D eigenvalue weighted by molar-refractivity contribution is 5.88. The number of aromatic hydroxyl groups is 1. The van der Waals surface area contributed by atoms with E-state index in [9.17, 15) is 9.90 Å². The molecule has 0 spiro atoms. The van der Waals surface area contributed by atoms with Gasteiger partial charge in [-0.2, -0.15) is 5.10 Å². The van der Waals surface area contributed by atoms with Crippen LogP contribution in [-0.2, 0) is 0 Å². The molecular formula is C25H29N3O3. The average molecular weight is 420 g/mol. The normalized spacial score (nSPS) is 17.0. The van der Waals surface area contributed by atoms with Crippen LogP contribution in [-0.4, -0.2) is 42.4 Å². The van der Waals surface area contributed by atoms with Crippen molar-refractivity contribution in [3.8, 4) is 5.75 Å². The first-order chi connectivity index (χ1) is 15.1. The minimum atomic E-state index is -0.506. The summed E-state index contributed by atoms with van der Waals surface area (Å²) in [5, 5.41) is 16.3. The predicted octanol–water partition coefficient (Wildman–Crippen LogP) is 3.94. The number of rotatable bonds is 7. The molecule has 6 nitrogen and oxygen atoms in total. The Labute approximate surface area is 182 Å². The van der Waals surface area contributed by atoms with Gasteiger partial charge in [-0.1, -0.05) is 42.5 Å². The molecule has 1 aliphatic heterocycles. The monoisotopic (exact) mass is 419 g/mol. The summed E-state index contributed by atoms with van der Waals surface area (Å²) in [6, 6.07) is 17.0. The first kappa shape index (κ1) is 21.1. The molecule has 0 radical (unpaired) electrons. The number of fused-ring (bicyclic) bond motifs is 1.